The van der Waals surface area contributed by atoms with E-state index in [2.05, 4.69) is 20.7 Å². The molecule has 2 unspecified atom stereocenters. The lowest BCUT2D eigenvalue weighted by Gasteiger charge is -2.19. The molecule has 0 radical (unpaired) electrons. The van der Waals surface area contributed by atoms with Crippen molar-refractivity contribution in [3.05, 3.63) is 27.7 Å². The molecule has 0 amide bonds. The lowest BCUT2D eigenvalue weighted by atomic mass is 10.1. The Kier molecular flexibility index (Phi) is 6.76. The van der Waals surface area contributed by atoms with Crippen LogP contribution in [0.1, 0.15) is 19.3 Å². The van der Waals surface area contributed by atoms with Crippen molar-refractivity contribution < 1.29 is 8.42 Å². The minimum Gasteiger partial charge on any atom is -0.330 e. The Balaban J connectivity index is 0.00000200. The maximum atomic E-state index is 12.4. The van der Waals surface area contributed by atoms with Gasteiger partial charge in [0.1, 0.15) is 0 Å². The molecule has 1 aromatic rings. The Hall–Kier alpha value is 0.150. The summed E-state index contributed by atoms with van der Waals surface area (Å²) in [7, 11) is -3.55. The number of halogens is 3. The van der Waals surface area contributed by atoms with Crippen LogP contribution in [0, 0.1) is 5.92 Å². The van der Waals surface area contributed by atoms with Gasteiger partial charge in [0.05, 0.1) is 4.90 Å². The highest BCUT2D eigenvalue weighted by Gasteiger charge is 2.31. The fourth-order valence-corrected chi connectivity index (χ4v) is 5.15. The van der Waals surface area contributed by atoms with Crippen molar-refractivity contribution in [3.8, 4) is 0 Å². The van der Waals surface area contributed by atoms with Crippen LogP contribution in [0.2, 0.25) is 5.02 Å². The van der Waals surface area contributed by atoms with Gasteiger partial charge in [0.15, 0.2) is 0 Å². The van der Waals surface area contributed by atoms with Crippen LogP contribution in [0.25, 0.3) is 0 Å². The van der Waals surface area contributed by atoms with E-state index >= 15 is 0 Å². The lowest BCUT2D eigenvalue weighted by Crippen LogP contribution is -2.39. The lowest BCUT2D eigenvalue weighted by molar-refractivity contribution is 0.453. The van der Waals surface area contributed by atoms with Crippen LogP contribution in [-0.4, -0.2) is 21.0 Å². The topological polar surface area (TPSA) is 72.2 Å². The minimum atomic E-state index is -3.55. The summed E-state index contributed by atoms with van der Waals surface area (Å²) < 4.78 is 27.9. The van der Waals surface area contributed by atoms with E-state index in [4.69, 9.17) is 17.3 Å². The summed E-state index contributed by atoms with van der Waals surface area (Å²) in [6.07, 6.45) is 2.83. The van der Waals surface area contributed by atoms with Crippen LogP contribution in [-0.2, 0) is 10.0 Å². The molecule has 2 rings (SSSR count). The van der Waals surface area contributed by atoms with Gasteiger partial charge in [-0.3, -0.25) is 0 Å². The summed E-state index contributed by atoms with van der Waals surface area (Å²) >= 11 is 9.06. The zero-order valence-electron chi connectivity index (χ0n) is 10.7. The second kappa shape index (κ2) is 7.42. The fourth-order valence-electron chi connectivity index (χ4n) is 2.43. The van der Waals surface area contributed by atoms with Crippen molar-refractivity contribution in [2.45, 2.75) is 30.2 Å². The van der Waals surface area contributed by atoms with E-state index in [0.29, 0.717) is 16.0 Å². The summed E-state index contributed by atoms with van der Waals surface area (Å²) in [5.41, 5.74) is 5.67. The van der Waals surface area contributed by atoms with E-state index in [9.17, 15) is 8.42 Å². The molecule has 2 atom stereocenters. The number of benzene rings is 1. The van der Waals surface area contributed by atoms with Crippen molar-refractivity contribution in [3.63, 3.8) is 0 Å². The van der Waals surface area contributed by atoms with E-state index in [1.54, 1.807) is 12.1 Å². The molecule has 1 saturated carbocycles. The first-order chi connectivity index (χ1) is 8.94. The van der Waals surface area contributed by atoms with Gasteiger partial charge in [0, 0.05) is 15.5 Å². The Morgan fingerprint density at radius 3 is 2.70 bits per heavy atom. The summed E-state index contributed by atoms with van der Waals surface area (Å²) in [6.45, 7) is 0.509. The second-order valence-corrected chi connectivity index (χ2v) is 7.70. The van der Waals surface area contributed by atoms with Crippen LogP contribution < -0.4 is 10.5 Å². The van der Waals surface area contributed by atoms with E-state index in [1.807, 2.05) is 0 Å². The van der Waals surface area contributed by atoms with E-state index in [0.717, 1.165) is 19.3 Å². The molecule has 0 aliphatic heterocycles. The van der Waals surface area contributed by atoms with E-state index < -0.39 is 10.0 Å². The third-order valence-electron chi connectivity index (χ3n) is 3.45. The second-order valence-electron chi connectivity index (χ2n) is 4.73. The number of hydrogen-bond donors (Lipinski definition) is 2. The molecule has 0 spiro atoms. The van der Waals surface area contributed by atoms with Gasteiger partial charge in [-0.2, -0.15) is 0 Å². The summed E-state index contributed by atoms with van der Waals surface area (Å²) in [5.74, 6) is 0.223. The molecule has 114 valence electrons. The molecule has 3 N–H and O–H groups in total. The van der Waals surface area contributed by atoms with E-state index in [1.165, 1.54) is 6.07 Å². The number of nitrogens with one attached hydrogen (secondary N) is 1. The van der Waals surface area contributed by atoms with Crippen molar-refractivity contribution in [1.82, 2.24) is 4.72 Å². The predicted octanol–water partition coefficient (Wildman–Crippen LogP) is 2.93. The van der Waals surface area contributed by atoms with Crippen LogP contribution >= 0.6 is 39.9 Å². The maximum absolute atomic E-state index is 12.4. The highest BCUT2D eigenvalue weighted by atomic mass is 79.9. The van der Waals surface area contributed by atoms with Gasteiger partial charge in [-0.05, 0) is 59.4 Å². The molecule has 8 heteroatoms. The maximum Gasteiger partial charge on any atom is 0.241 e. The molecule has 0 heterocycles. The zero-order chi connectivity index (χ0) is 14.0. The molecular formula is C12H17BrCl2N2O2S. The van der Waals surface area contributed by atoms with Crippen molar-refractivity contribution in [2.75, 3.05) is 6.54 Å². The highest BCUT2D eigenvalue weighted by molar-refractivity contribution is 9.10. The molecule has 1 fully saturated rings. The van der Waals surface area contributed by atoms with Crippen molar-refractivity contribution in [1.29, 1.82) is 0 Å². The Bertz CT molecular complexity index is 569. The van der Waals surface area contributed by atoms with Gasteiger partial charge >= 0.3 is 0 Å². The Morgan fingerprint density at radius 2 is 2.10 bits per heavy atom. The summed E-state index contributed by atoms with van der Waals surface area (Å²) in [4.78, 5) is 0.208. The third-order valence-corrected chi connectivity index (χ3v) is 6.15. The molecule has 20 heavy (non-hydrogen) atoms. The number of rotatable bonds is 4. The Morgan fingerprint density at radius 1 is 1.40 bits per heavy atom. The smallest absolute Gasteiger partial charge is 0.241 e. The standard InChI is InChI=1S/C12H16BrClN2O2S.ClH/c13-10-6-9(14)4-5-12(10)19(17,18)16-11-3-1-2-8(11)7-15;/h4-6,8,11,16H,1-3,7,15H2;1H. The minimum absolute atomic E-state index is 0. The van der Waals surface area contributed by atoms with Crippen molar-refractivity contribution in [2.24, 2.45) is 11.7 Å². The van der Waals surface area contributed by atoms with Crippen LogP contribution in [0.15, 0.2) is 27.6 Å². The highest BCUT2D eigenvalue weighted by Crippen LogP contribution is 2.29. The van der Waals surface area contributed by atoms with Gasteiger partial charge in [0.2, 0.25) is 10.0 Å². The molecule has 1 aromatic carbocycles. The van der Waals surface area contributed by atoms with E-state index in [-0.39, 0.29) is 29.3 Å². The van der Waals surface area contributed by atoms with Crippen LogP contribution in [0.3, 0.4) is 0 Å². The SMILES string of the molecule is Cl.NCC1CCCC1NS(=O)(=O)c1ccc(Cl)cc1Br. The largest absolute Gasteiger partial charge is 0.330 e. The van der Waals surface area contributed by atoms with Crippen LogP contribution in [0.4, 0.5) is 0 Å². The van der Waals surface area contributed by atoms with Gasteiger partial charge in [-0.25, -0.2) is 13.1 Å². The molecular weight excluding hydrogens is 387 g/mol. The third kappa shape index (κ3) is 4.08. The average molecular weight is 404 g/mol. The normalized spacial score (nSPS) is 22.6. The van der Waals surface area contributed by atoms with Crippen molar-refractivity contribution >= 4 is 50.0 Å². The molecule has 1 aliphatic carbocycles. The first-order valence-corrected chi connectivity index (χ1v) is 8.77. The Labute approximate surface area is 139 Å². The monoisotopic (exact) mass is 402 g/mol. The van der Waals surface area contributed by atoms with Crippen LogP contribution in [0.5, 0.6) is 0 Å². The van der Waals surface area contributed by atoms with Gasteiger partial charge in [-0.15, -0.1) is 12.4 Å². The van der Waals surface area contributed by atoms with Gasteiger partial charge in [-0.1, -0.05) is 18.0 Å². The van der Waals surface area contributed by atoms with Gasteiger partial charge in [0.25, 0.3) is 0 Å². The molecule has 1 aliphatic rings. The molecule has 0 aromatic heterocycles. The number of sulfonamides is 1. The first kappa shape index (κ1) is 18.2. The quantitative estimate of drug-likeness (QED) is 0.811. The number of hydrogen-bond acceptors (Lipinski definition) is 3. The number of nitrogens with two attached hydrogens (primary N) is 1. The molecule has 0 bridgehead atoms. The zero-order valence-corrected chi connectivity index (χ0v) is 14.7. The first-order valence-electron chi connectivity index (χ1n) is 6.11. The summed E-state index contributed by atoms with van der Waals surface area (Å²) in [6, 6.07) is 4.57. The predicted molar refractivity (Wildman–Crippen MR) is 86.9 cm³/mol. The fraction of sp³-hybridized carbons (Fsp3) is 0.500. The summed E-state index contributed by atoms with van der Waals surface area (Å²) in [5, 5.41) is 0.492. The molecule has 4 nitrogen and oxygen atoms in total. The molecule has 0 saturated heterocycles. The van der Waals surface area contributed by atoms with Gasteiger partial charge < -0.3 is 5.73 Å². The average Bonchev–Trinajstić information content (AvgIpc) is 2.74.